The van der Waals surface area contributed by atoms with Crippen LogP contribution in [0, 0.1) is 0 Å². The van der Waals surface area contributed by atoms with Gasteiger partial charge in [-0.3, -0.25) is 0 Å². The summed E-state index contributed by atoms with van der Waals surface area (Å²) in [5, 5.41) is 2.78. The van der Waals surface area contributed by atoms with Crippen LogP contribution in [0.2, 0.25) is 0 Å². The number of nitrogens with zero attached hydrogens (tertiary/aromatic N) is 2. The maximum atomic E-state index is 5.60. The monoisotopic (exact) mass is 289 g/mol. The van der Waals surface area contributed by atoms with Crippen molar-refractivity contribution in [2.24, 2.45) is 0 Å². The predicted molar refractivity (Wildman–Crippen MR) is 78.1 cm³/mol. The van der Waals surface area contributed by atoms with Gasteiger partial charge in [0.2, 0.25) is 0 Å². The van der Waals surface area contributed by atoms with E-state index in [1.165, 1.54) is 9.75 Å². The molecule has 0 saturated carbocycles. The minimum Gasteiger partial charge on any atom is -0.375 e. The lowest BCUT2D eigenvalue weighted by molar-refractivity contribution is 0.335. The molecule has 0 spiro atoms. The molecule has 2 heterocycles. The van der Waals surface area contributed by atoms with Gasteiger partial charge < -0.3 is 10.6 Å². The average Bonchev–Trinajstić information content (AvgIpc) is 2.87. The average molecular weight is 290 g/mol. The number of thiophene rings is 1. The molecule has 3 nitrogen and oxygen atoms in total. The molecule has 0 amide bonds. The summed E-state index contributed by atoms with van der Waals surface area (Å²) < 4.78 is 0. The van der Waals surface area contributed by atoms with Crippen molar-refractivity contribution < 1.29 is 0 Å². The van der Waals surface area contributed by atoms with E-state index in [9.17, 15) is 0 Å². The van der Waals surface area contributed by atoms with E-state index in [-0.39, 0.29) is 12.4 Å². The third kappa shape index (κ3) is 4.63. The van der Waals surface area contributed by atoms with Crippen LogP contribution >= 0.6 is 35.1 Å². The second kappa shape index (κ2) is 6.96. The zero-order valence-electron chi connectivity index (χ0n) is 9.63. The Bertz CT molecular complexity index is 428. The molecule has 17 heavy (non-hydrogen) atoms. The van der Waals surface area contributed by atoms with Crippen molar-refractivity contribution in [3.63, 3.8) is 0 Å². The van der Waals surface area contributed by atoms with Gasteiger partial charge in [0.05, 0.1) is 0 Å². The molecule has 0 saturated heterocycles. The Balaban J connectivity index is 0.00000144. The fourth-order valence-electron chi connectivity index (χ4n) is 1.50. The van der Waals surface area contributed by atoms with Gasteiger partial charge in [0.1, 0.15) is 0 Å². The zero-order chi connectivity index (χ0) is 11.4. The molecule has 0 aliphatic rings. The Kier molecular flexibility index (Phi) is 5.91. The predicted octanol–water partition coefficient (Wildman–Crippen LogP) is 2.88. The van der Waals surface area contributed by atoms with Crippen LogP contribution in [0.25, 0.3) is 0 Å². The molecule has 0 bridgehead atoms. The Morgan fingerprint density at radius 3 is 2.82 bits per heavy atom. The largest absolute Gasteiger partial charge is 0.375 e. The molecule has 2 aromatic rings. The second-order valence-corrected chi connectivity index (χ2v) is 5.91. The van der Waals surface area contributed by atoms with Crippen LogP contribution in [0.5, 0.6) is 0 Å². The van der Waals surface area contributed by atoms with Crippen molar-refractivity contribution in [1.82, 2.24) is 9.88 Å². The van der Waals surface area contributed by atoms with Crippen LogP contribution in [0.15, 0.2) is 23.7 Å². The van der Waals surface area contributed by atoms with Crippen LogP contribution in [0.4, 0.5) is 5.13 Å². The molecule has 0 aliphatic carbocycles. The Morgan fingerprint density at radius 2 is 2.24 bits per heavy atom. The topological polar surface area (TPSA) is 42.2 Å². The van der Waals surface area contributed by atoms with Crippen molar-refractivity contribution in [2.75, 3.05) is 19.3 Å². The lowest BCUT2D eigenvalue weighted by atomic mass is 10.3. The SMILES string of the molecule is CN(CCc1cccs1)Cc1cnc(N)s1.Cl. The highest BCUT2D eigenvalue weighted by molar-refractivity contribution is 7.15. The van der Waals surface area contributed by atoms with Crippen LogP contribution in [0.1, 0.15) is 9.75 Å². The molecule has 0 atom stereocenters. The molecule has 2 aromatic heterocycles. The molecule has 2 rings (SSSR count). The van der Waals surface area contributed by atoms with Crippen LogP contribution in [-0.2, 0) is 13.0 Å². The van der Waals surface area contributed by atoms with Crippen molar-refractivity contribution in [3.05, 3.63) is 33.5 Å². The Morgan fingerprint density at radius 1 is 1.41 bits per heavy atom. The van der Waals surface area contributed by atoms with E-state index in [1.54, 1.807) is 11.3 Å². The van der Waals surface area contributed by atoms with E-state index in [1.807, 2.05) is 17.5 Å². The highest BCUT2D eigenvalue weighted by Crippen LogP contribution is 2.16. The highest BCUT2D eigenvalue weighted by Gasteiger charge is 2.04. The summed E-state index contributed by atoms with van der Waals surface area (Å²) in [5.74, 6) is 0. The maximum Gasteiger partial charge on any atom is 0.180 e. The molecule has 0 aliphatic heterocycles. The molecule has 94 valence electrons. The van der Waals surface area contributed by atoms with E-state index in [0.717, 1.165) is 19.5 Å². The smallest absolute Gasteiger partial charge is 0.180 e. The zero-order valence-corrected chi connectivity index (χ0v) is 12.1. The van der Waals surface area contributed by atoms with Gasteiger partial charge in [-0.15, -0.1) is 35.1 Å². The van der Waals surface area contributed by atoms with Gasteiger partial charge in [-0.25, -0.2) is 4.98 Å². The molecule has 0 aromatic carbocycles. The van der Waals surface area contributed by atoms with E-state index < -0.39 is 0 Å². The summed E-state index contributed by atoms with van der Waals surface area (Å²) in [5.41, 5.74) is 5.60. The molecule has 0 unspecified atom stereocenters. The van der Waals surface area contributed by atoms with Crippen molar-refractivity contribution in [2.45, 2.75) is 13.0 Å². The van der Waals surface area contributed by atoms with Crippen LogP contribution < -0.4 is 5.73 Å². The number of likely N-dealkylation sites (N-methyl/N-ethyl adjacent to an activating group) is 1. The minimum atomic E-state index is 0. The summed E-state index contributed by atoms with van der Waals surface area (Å²) in [6.07, 6.45) is 2.98. The molecule has 6 heteroatoms. The normalized spacial score (nSPS) is 10.5. The Hall–Kier alpha value is -0.620. The summed E-state index contributed by atoms with van der Waals surface area (Å²) in [7, 11) is 2.13. The number of hydrogen-bond donors (Lipinski definition) is 1. The first-order chi connectivity index (χ1) is 7.74. The molecule has 2 N–H and O–H groups in total. The first-order valence-corrected chi connectivity index (χ1v) is 6.85. The number of anilines is 1. The third-order valence-electron chi connectivity index (χ3n) is 2.32. The number of aromatic nitrogens is 1. The summed E-state index contributed by atoms with van der Waals surface area (Å²) in [6.45, 7) is 2.00. The first-order valence-electron chi connectivity index (χ1n) is 5.15. The molecule has 0 radical (unpaired) electrons. The standard InChI is InChI=1S/C11H15N3S2.ClH/c1-14(5-4-9-3-2-6-15-9)8-10-7-13-11(12)16-10;/h2-3,6-7H,4-5,8H2,1H3,(H2,12,13);1H. The molecular formula is C11H16ClN3S2. The van der Waals surface area contributed by atoms with Gasteiger partial charge >= 0.3 is 0 Å². The van der Waals surface area contributed by atoms with E-state index in [0.29, 0.717) is 5.13 Å². The third-order valence-corrected chi connectivity index (χ3v) is 4.06. The number of rotatable bonds is 5. The van der Waals surface area contributed by atoms with E-state index >= 15 is 0 Å². The number of halogens is 1. The highest BCUT2D eigenvalue weighted by atomic mass is 35.5. The fraction of sp³-hybridized carbons (Fsp3) is 0.364. The lowest BCUT2D eigenvalue weighted by Gasteiger charge is -2.14. The first kappa shape index (κ1) is 14.4. The number of thiazole rings is 1. The molecule has 0 fully saturated rings. The van der Waals surface area contributed by atoms with Crippen LogP contribution in [0.3, 0.4) is 0 Å². The quantitative estimate of drug-likeness (QED) is 0.920. The van der Waals surface area contributed by atoms with E-state index in [4.69, 9.17) is 5.73 Å². The number of nitrogen functional groups attached to an aromatic ring is 1. The lowest BCUT2D eigenvalue weighted by Crippen LogP contribution is -2.19. The Labute approximate surface area is 116 Å². The number of nitrogens with two attached hydrogens (primary N) is 1. The maximum absolute atomic E-state index is 5.60. The van der Waals surface area contributed by atoms with Gasteiger partial charge in [0.15, 0.2) is 5.13 Å². The van der Waals surface area contributed by atoms with Crippen molar-refractivity contribution in [1.29, 1.82) is 0 Å². The summed E-state index contributed by atoms with van der Waals surface area (Å²) >= 11 is 3.39. The van der Waals surface area contributed by atoms with Gasteiger partial charge in [-0.05, 0) is 24.9 Å². The number of hydrogen-bond acceptors (Lipinski definition) is 5. The summed E-state index contributed by atoms with van der Waals surface area (Å²) in [4.78, 5) is 9.02. The fourth-order valence-corrected chi connectivity index (χ4v) is 2.96. The van der Waals surface area contributed by atoms with Crippen molar-refractivity contribution in [3.8, 4) is 0 Å². The summed E-state index contributed by atoms with van der Waals surface area (Å²) in [6, 6.07) is 4.28. The van der Waals surface area contributed by atoms with E-state index in [2.05, 4.69) is 34.4 Å². The van der Waals surface area contributed by atoms with Gasteiger partial charge in [-0.2, -0.15) is 0 Å². The van der Waals surface area contributed by atoms with Crippen LogP contribution in [-0.4, -0.2) is 23.5 Å². The second-order valence-electron chi connectivity index (χ2n) is 3.73. The van der Waals surface area contributed by atoms with Crippen molar-refractivity contribution >= 4 is 40.2 Å². The molecular weight excluding hydrogens is 274 g/mol. The van der Waals surface area contributed by atoms with Gasteiger partial charge in [0, 0.05) is 29.0 Å². The van der Waals surface area contributed by atoms with Gasteiger partial charge in [0.25, 0.3) is 0 Å². The minimum absolute atomic E-state index is 0. The van der Waals surface area contributed by atoms with Gasteiger partial charge in [-0.1, -0.05) is 6.07 Å².